The number of hydrogen-bond acceptors (Lipinski definition) is 4. The van der Waals surface area contributed by atoms with Crippen molar-refractivity contribution in [1.82, 2.24) is 4.90 Å². The fraction of sp³-hybridized carbons (Fsp3) is 0.409. The van der Waals surface area contributed by atoms with Gasteiger partial charge in [0.15, 0.2) is 11.5 Å². The van der Waals surface area contributed by atoms with Crippen LogP contribution in [0.1, 0.15) is 26.2 Å². The van der Waals surface area contributed by atoms with Gasteiger partial charge in [-0.15, -0.1) is 0 Å². The Morgan fingerprint density at radius 1 is 1.07 bits per heavy atom. The average Bonchev–Trinajstić information content (AvgIpc) is 2.70. The number of ether oxygens (including phenoxy) is 2. The van der Waals surface area contributed by atoms with E-state index in [4.69, 9.17) is 9.47 Å². The monoisotopic (exact) mass is 368 g/mol. The van der Waals surface area contributed by atoms with E-state index in [0.717, 1.165) is 38.2 Å². The van der Waals surface area contributed by atoms with Crippen molar-refractivity contribution in [2.24, 2.45) is 5.92 Å². The predicted molar refractivity (Wildman–Crippen MR) is 108 cm³/mol. The number of carbonyl (C=O) groups excluding carboxylic acids is 1. The lowest BCUT2D eigenvalue weighted by Crippen LogP contribution is -2.34. The lowest BCUT2D eigenvalue weighted by molar-refractivity contribution is -0.117. The molecule has 5 heteroatoms. The van der Waals surface area contributed by atoms with Gasteiger partial charge >= 0.3 is 0 Å². The molecule has 0 bridgehead atoms. The highest BCUT2D eigenvalue weighted by Crippen LogP contribution is 2.31. The maximum absolute atomic E-state index is 12.3. The number of anilines is 1. The van der Waals surface area contributed by atoms with Crippen LogP contribution >= 0.6 is 0 Å². The summed E-state index contributed by atoms with van der Waals surface area (Å²) in [5, 5.41) is 3.00. The third kappa shape index (κ3) is 5.47. The number of benzene rings is 2. The van der Waals surface area contributed by atoms with Gasteiger partial charge in [0.1, 0.15) is 5.75 Å². The molecule has 0 unspecified atom stereocenters. The number of amides is 1. The summed E-state index contributed by atoms with van der Waals surface area (Å²) in [4.78, 5) is 14.8. The molecule has 1 N–H and O–H groups in total. The molecule has 27 heavy (non-hydrogen) atoms. The van der Waals surface area contributed by atoms with E-state index in [9.17, 15) is 4.79 Å². The molecule has 0 aliphatic carbocycles. The summed E-state index contributed by atoms with van der Waals surface area (Å²) in [6, 6.07) is 14.9. The highest BCUT2D eigenvalue weighted by atomic mass is 16.5. The van der Waals surface area contributed by atoms with Crippen LogP contribution in [-0.2, 0) is 4.79 Å². The second kappa shape index (κ2) is 9.42. The lowest BCUT2D eigenvalue weighted by atomic mass is 9.93. The van der Waals surface area contributed by atoms with Crippen molar-refractivity contribution in [3.05, 3.63) is 48.5 Å². The number of likely N-dealkylation sites (tertiary alicyclic amines) is 1. The van der Waals surface area contributed by atoms with E-state index in [0.29, 0.717) is 29.6 Å². The van der Waals surface area contributed by atoms with Crippen LogP contribution in [-0.4, -0.2) is 37.6 Å². The summed E-state index contributed by atoms with van der Waals surface area (Å²) in [7, 11) is 1.62. The van der Waals surface area contributed by atoms with E-state index in [1.54, 1.807) is 7.11 Å². The van der Waals surface area contributed by atoms with Gasteiger partial charge in [-0.05, 0) is 74.8 Å². The van der Waals surface area contributed by atoms with Crippen LogP contribution in [0.2, 0.25) is 0 Å². The highest BCUT2D eigenvalue weighted by Gasteiger charge is 2.20. The Morgan fingerprint density at radius 3 is 2.37 bits per heavy atom. The molecular formula is C22H28N2O3. The third-order valence-corrected chi connectivity index (χ3v) is 5.06. The average molecular weight is 368 g/mol. The Labute approximate surface area is 161 Å². The molecule has 2 aromatic carbocycles. The quantitative estimate of drug-likeness (QED) is 0.779. The number of nitrogens with one attached hydrogen (secondary N) is 1. The molecule has 0 saturated carbocycles. The number of rotatable bonds is 7. The van der Waals surface area contributed by atoms with Gasteiger partial charge in [-0.1, -0.05) is 19.1 Å². The molecule has 0 spiro atoms. The van der Waals surface area contributed by atoms with Crippen LogP contribution in [0.3, 0.4) is 0 Å². The number of nitrogens with zero attached hydrogens (tertiary/aromatic N) is 1. The lowest BCUT2D eigenvalue weighted by Gasteiger charge is -2.30. The van der Waals surface area contributed by atoms with E-state index in [1.165, 1.54) is 0 Å². The molecule has 2 aromatic rings. The minimum atomic E-state index is 0.0864. The first-order valence-corrected chi connectivity index (χ1v) is 9.61. The predicted octanol–water partition coefficient (Wildman–Crippen LogP) is 4.55. The molecule has 144 valence electrons. The second-order valence-electron chi connectivity index (χ2n) is 6.91. The first kappa shape index (κ1) is 19.2. The molecular weight excluding hydrogens is 340 g/mol. The molecule has 1 heterocycles. The number of piperidine rings is 1. The van der Waals surface area contributed by atoms with Gasteiger partial charge in [-0.3, -0.25) is 4.79 Å². The largest absolute Gasteiger partial charge is 0.493 e. The van der Waals surface area contributed by atoms with E-state index in [1.807, 2.05) is 48.5 Å². The minimum Gasteiger partial charge on any atom is -0.493 e. The van der Waals surface area contributed by atoms with Gasteiger partial charge in [-0.2, -0.15) is 0 Å². The number of hydrogen-bond donors (Lipinski definition) is 1. The molecule has 1 fully saturated rings. The van der Waals surface area contributed by atoms with Crippen LogP contribution in [0, 0.1) is 5.92 Å². The van der Waals surface area contributed by atoms with E-state index in [2.05, 4.69) is 17.1 Å². The molecule has 1 aliphatic heterocycles. The van der Waals surface area contributed by atoms with Gasteiger partial charge in [0.25, 0.3) is 0 Å². The van der Waals surface area contributed by atoms with Gasteiger partial charge in [0.05, 0.1) is 7.11 Å². The smallest absolute Gasteiger partial charge is 0.224 e. The van der Waals surface area contributed by atoms with Crippen LogP contribution in [0.15, 0.2) is 48.5 Å². The van der Waals surface area contributed by atoms with Crippen molar-refractivity contribution in [2.45, 2.75) is 26.2 Å². The Hall–Kier alpha value is -2.53. The number of carbonyl (C=O) groups is 1. The Balaban J connectivity index is 1.51. The SMILES string of the molecule is CCN1CCC(CC(=O)Nc2ccc(Oc3ccccc3OC)cc2)CC1. The van der Waals surface area contributed by atoms with Crippen molar-refractivity contribution in [3.8, 4) is 17.2 Å². The third-order valence-electron chi connectivity index (χ3n) is 5.06. The zero-order chi connectivity index (χ0) is 19.1. The summed E-state index contributed by atoms with van der Waals surface area (Å²) in [5.74, 6) is 2.62. The molecule has 0 radical (unpaired) electrons. The van der Waals surface area contributed by atoms with Gasteiger partial charge in [0.2, 0.25) is 5.91 Å². The minimum absolute atomic E-state index is 0.0864. The zero-order valence-corrected chi connectivity index (χ0v) is 16.1. The van der Waals surface area contributed by atoms with Crippen LogP contribution in [0.25, 0.3) is 0 Å². The summed E-state index contributed by atoms with van der Waals surface area (Å²) in [6.07, 6.45) is 2.80. The topological polar surface area (TPSA) is 50.8 Å². The summed E-state index contributed by atoms with van der Waals surface area (Å²) < 4.78 is 11.2. The van der Waals surface area contributed by atoms with E-state index < -0.39 is 0 Å². The molecule has 1 amide bonds. The maximum atomic E-state index is 12.3. The van der Waals surface area contributed by atoms with Gasteiger partial charge in [-0.25, -0.2) is 0 Å². The van der Waals surface area contributed by atoms with Crippen molar-refractivity contribution in [3.63, 3.8) is 0 Å². The Morgan fingerprint density at radius 2 is 1.74 bits per heavy atom. The highest BCUT2D eigenvalue weighted by molar-refractivity contribution is 5.90. The van der Waals surface area contributed by atoms with E-state index in [-0.39, 0.29) is 5.91 Å². The summed E-state index contributed by atoms with van der Waals surface area (Å²) >= 11 is 0. The number of methoxy groups -OCH3 is 1. The molecule has 0 atom stereocenters. The molecule has 3 rings (SSSR count). The second-order valence-corrected chi connectivity index (χ2v) is 6.91. The van der Waals surface area contributed by atoms with Gasteiger partial charge in [0, 0.05) is 12.1 Å². The zero-order valence-electron chi connectivity index (χ0n) is 16.1. The molecule has 0 aromatic heterocycles. The van der Waals surface area contributed by atoms with Crippen LogP contribution < -0.4 is 14.8 Å². The standard InChI is InChI=1S/C22H28N2O3/c1-3-24-14-12-17(13-15-24)16-22(25)23-18-8-10-19(11-9-18)27-21-7-5-4-6-20(21)26-2/h4-11,17H,3,12-16H2,1-2H3,(H,23,25). The fourth-order valence-electron chi connectivity index (χ4n) is 3.42. The van der Waals surface area contributed by atoms with Crippen LogP contribution in [0.5, 0.6) is 17.2 Å². The number of para-hydroxylation sites is 2. The van der Waals surface area contributed by atoms with Crippen LogP contribution in [0.4, 0.5) is 5.69 Å². The first-order valence-electron chi connectivity index (χ1n) is 9.61. The first-order chi connectivity index (χ1) is 13.2. The summed E-state index contributed by atoms with van der Waals surface area (Å²) in [6.45, 7) is 5.49. The molecule has 5 nitrogen and oxygen atoms in total. The van der Waals surface area contributed by atoms with Crippen molar-refractivity contribution >= 4 is 11.6 Å². The van der Waals surface area contributed by atoms with E-state index >= 15 is 0 Å². The fourth-order valence-corrected chi connectivity index (χ4v) is 3.42. The Bertz CT molecular complexity index is 737. The van der Waals surface area contributed by atoms with Crippen molar-refractivity contribution < 1.29 is 14.3 Å². The Kier molecular flexibility index (Phi) is 6.71. The maximum Gasteiger partial charge on any atom is 0.224 e. The molecule has 1 aliphatic rings. The normalized spacial score (nSPS) is 15.3. The van der Waals surface area contributed by atoms with Crippen molar-refractivity contribution in [1.29, 1.82) is 0 Å². The van der Waals surface area contributed by atoms with Gasteiger partial charge < -0.3 is 19.7 Å². The van der Waals surface area contributed by atoms with Crippen molar-refractivity contribution in [2.75, 3.05) is 32.1 Å². The summed E-state index contributed by atoms with van der Waals surface area (Å²) in [5.41, 5.74) is 0.790. The molecule has 1 saturated heterocycles.